The first-order valence-electron chi connectivity index (χ1n) is 8.98. The van der Waals surface area contributed by atoms with Gasteiger partial charge in [0.25, 0.3) is 0 Å². The molecule has 26 heavy (non-hydrogen) atoms. The molecule has 1 fully saturated rings. The number of carbonyl (C=O) groups is 1. The Labute approximate surface area is 151 Å². The molecule has 0 radical (unpaired) electrons. The predicted octanol–water partition coefficient (Wildman–Crippen LogP) is 2.08. The lowest BCUT2D eigenvalue weighted by atomic mass is 10.0. The van der Waals surface area contributed by atoms with Gasteiger partial charge in [-0.1, -0.05) is 23.9 Å². The highest BCUT2D eigenvalue weighted by atomic mass is 19.1. The Morgan fingerprint density at radius 3 is 2.73 bits per heavy atom. The largest absolute Gasteiger partial charge is 0.872 e. The monoisotopic (exact) mass is 353 g/mol. The summed E-state index contributed by atoms with van der Waals surface area (Å²) in [6, 6.07) is 8.94. The van der Waals surface area contributed by atoms with E-state index in [4.69, 9.17) is 4.74 Å². The van der Waals surface area contributed by atoms with E-state index >= 15 is 0 Å². The van der Waals surface area contributed by atoms with Gasteiger partial charge in [-0.15, -0.1) is 0 Å². The van der Waals surface area contributed by atoms with Crippen molar-refractivity contribution in [2.75, 3.05) is 13.1 Å². The van der Waals surface area contributed by atoms with E-state index in [1.807, 2.05) is 0 Å². The standard InChI is InChI=1S/C21H20FNO3/c22-15-6-4-5-14(11-15)12-19-20(25)16-7-8-18(24)17(21(16)26-19)13-23-9-2-1-3-10-23/h4-8,11-12,24H,1-3,9-10,13H2/b19-12-. The van der Waals surface area contributed by atoms with Crippen molar-refractivity contribution in [1.29, 1.82) is 0 Å². The summed E-state index contributed by atoms with van der Waals surface area (Å²) in [4.78, 5) is 14.0. The fraction of sp³-hybridized carbons (Fsp3) is 0.286. The molecule has 4 nitrogen and oxygen atoms in total. The van der Waals surface area contributed by atoms with Crippen LogP contribution in [-0.4, -0.2) is 18.9 Å². The lowest BCUT2D eigenvalue weighted by Gasteiger charge is -2.26. The van der Waals surface area contributed by atoms with Gasteiger partial charge in [-0.3, -0.25) is 4.79 Å². The highest BCUT2D eigenvalue weighted by Crippen LogP contribution is 2.38. The molecule has 4 rings (SSSR count). The van der Waals surface area contributed by atoms with Crippen LogP contribution < -0.4 is 14.7 Å². The molecule has 134 valence electrons. The smallest absolute Gasteiger partial charge is 0.231 e. The van der Waals surface area contributed by atoms with Crippen molar-refractivity contribution in [2.45, 2.75) is 25.8 Å². The van der Waals surface area contributed by atoms with Gasteiger partial charge in [0.2, 0.25) is 5.78 Å². The minimum atomic E-state index is -0.376. The number of ether oxygens (including phenoxy) is 1. The molecule has 5 heteroatoms. The zero-order valence-corrected chi connectivity index (χ0v) is 14.4. The third-order valence-electron chi connectivity index (χ3n) is 5.03. The van der Waals surface area contributed by atoms with Crippen LogP contribution in [0.5, 0.6) is 11.5 Å². The number of piperidine rings is 1. The van der Waals surface area contributed by atoms with Crippen molar-refractivity contribution in [3.63, 3.8) is 0 Å². The number of nitrogens with one attached hydrogen (secondary N) is 1. The van der Waals surface area contributed by atoms with Crippen LogP contribution in [0.3, 0.4) is 0 Å². The number of benzene rings is 2. The summed E-state index contributed by atoms with van der Waals surface area (Å²) < 4.78 is 19.2. The molecule has 0 aromatic heterocycles. The van der Waals surface area contributed by atoms with Crippen molar-refractivity contribution in [3.05, 3.63) is 64.7 Å². The molecule has 2 heterocycles. The van der Waals surface area contributed by atoms with E-state index in [-0.39, 0.29) is 23.1 Å². The van der Waals surface area contributed by atoms with E-state index in [1.165, 1.54) is 41.7 Å². The molecular formula is C21H20FNO3. The van der Waals surface area contributed by atoms with E-state index in [2.05, 4.69) is 0 Å². The molecule has 0 unspecified atom stereocenters. The number of fused-ring (bicyclic) bond motifs is 1. The number of hydrogen-bond acceptors (Lipinski definition) is 3. The number of allylic oxidation sites excluding steroid dienone is 1. The fourth-order valence-corrected chi connectivity index (χ4v) is 3.68. The lowest BCUT2D eigenvalue weighted by molar-refractivity contribution is -0.918. The van der Waals surface area contributed by atoms with E-state index in [0.29, 0.717) is 29.0 Å². The molecular weight excluding hydrogens is 333 g/mol. The van der Waals surface area contributed by atoms with Crippen LogP contribution in [-0.2, 0) is 6.54 Å². The van der Waals surface area contributed by atoms with Gasteiger partial charge in [-0.25, -0.2) is 4.39 Å². The maximum absolute atomic E-state index is 13.4. The number of Topliss-reactive ketones (excluding diaryl/α,β-unsaturated/α-hetero) is 1. The zero-order valence-electron chi connectivity index (χ0n) is 14.4. The first-order chi connectivity index (χ1) is 12.6. The van der Waals surface area contributed by atoms with Crippen molar-refractivity contribution < 1.29 is 23.9 Å². The van der Waals surface area contributed by atoms with E-state index in [1.54, 1.807) is 12.1 Å². The number of halogens is 1. The normalized spacial score (nSPS) is 18.8. The minimum Gasteiger partial charge on any atom is -0.872 e. The molecule has 2 aliphatic heterocycles. The molecule has 0 spiro atoms. The lowest BCUT2D eigenvalue weighted by Crippen LogP contribution is -3.11. The molecule has 0 aliphatic carbocycles. The van der Waals surface area contributed by atoms with Crippen molar-refractivity contribution in [1.82, 2.24) is 0 Å². The second kappa shape index (κ2) is 6.92. The van der Waals surface area contributed by atoms with Gasteiger partial charge in [0.15, 0.2) is 5.76 Å². The topological polar surface area (TPSA) is 53.8 Å². The Kier molecular flexibility index (Phi) is 4.47. The Balaban J connectivity index is 1.66. The van der Waals surface area contributed by atoms with Crippen LogP contribution in [0.4, 0.5) is 4.39 Å². The second-order valence-corrected chi connectivity index (χ2v) is 6.90. The van der Waals surface area contributed by atoms with Gasteiger partial charge in [0.05, 0.1) is 18.7 Å². The van der Waals surface area contributed by atoms with Gasteiger partial charge in [0.1, 0.15) is 18.1 Å². The molecule has 2 aromatic carbocycles. The quantitative estimate of drug-likeness (QED) is 0.860. The number of rotatable bonds is 3. The van der Waals surface area contributed by atoms with Gasteiger partial charge >= 0.3 is 0 Å². The Morgan fingerprint density at radius 1 is 1.15 bits per heavy atom. The first-order valence-corrected chi connectivity index (χ1v) is 8.98. The molecule has 0 atom stereocenters. The number of likely N-dealkylation sites (tertiary alicyclic amines) is 1. The average molecular weight is 353 g/mol. The number of ketones is 1. The SMILES string of the molecule is O=C1/C(=C/c2cccc(F)c2)Oc2c1ccc([O-])c2C[NH+]1CCCCC1. The number of quaternary nitrogens is 1. The summed E-state index contributed by atoms with van der Waals surface area (Å²) >= 11 is 0. The molecule has 1 saturated heterocycles. The van der Waals surface area contributed by atoms with Crippen LogP contribution in [0.1, 0.15) is 40.7 Å². The third kappa shape index (κ3) is 3.22. The molecule has 0 amide bonds. The van der Waals surface area contributed by atoms with Gasteiger partial charge < -0.3 is 14.7 Å². The highest BCUT2D eigenvalue weighted by Gasteiger charge is 2.31. The molecule has 1 N–H and O–H groups in total. The third-order valence-corrected chi connectivity index (χ3v) is 5.03. The molecule has 2 aromatic rings. The molecule has 2 aliphatic rings. The van der Waals surface area contributed by atoms with Crippen molar-refractivity contribution in [2.24, 2.45) is 0 Å². The summed E-state index contributed by atoms with van der Waals surface area (Å²) in [5.41, 5.74) is 1.53. The van der Waals surface area contributed by atoms with Crippen LogP contribution in [0, 0.1) is 5.82 Å². The van der Waals surface area contributed by atoms with Crippen LogP contribution in [0.15, 0.2) is 42.2 Å². The molecule has 0 bridgehead atoms. The maximum atomic E-state index is 13.4. The van der Waals surface area contributed by atoms with E-state index in [9.17, 15) is 14.3 Å². The van der Waals surface area contributed by atoms with Crippen molar-refractivity contribution in [3.8, 4) is 11.5 Å². The summed E-state index contributed by atoms with van der Waals surface area (Å²) in [5, 5.41) is 12.4. The maximum Gasteiger partial charge on any atom is 0.231 e. The highest BCUT2D eigenvalue weighted by molar-refractivity contribution is 6.14. The fourth-order valence-electron chi connectivity index (χ4n) is 3.68. The summed E-state index contributed by atoms with van der Waals surface area (Å²) in [7, 11) is 0. The zero-order chi connectivity index (χ0) is 18.1. The Hall–Kier alpha value is -2.66. The van der Waals surface area contributed by atoms with Gasteiger partial charge in [-0.2, -0.15) is 0 Å². The average Bonchev–Trinajstić information content (AvgIpc) is 2.95. The minimum absolute atomic E-state index is 0.0957. The van der Waals surface area contributed by atoms with Crippen LogP contribution in [0.25, 0.3) is 6.08 Å². The first kappa shape index (κ1) is 16.8. The number of hydrogen-bond donors (Lipinski definition) is 1. The van der Waals surface area contributed by atoms with E-state index in [0.717, 1.165) is 25.9 Å². The second-order valence-electron chi connectivity index (χ2n) is 6.90. The van der Waals surface area contributed by atoms with Gasteiger partial charge in [-0.05, 0) is 49.1 Å². The van der Waals surface area contributed by atoms with Crippen LogP contribution in [0.2, 0.25) is 0 Å². The van der Waals surface area contributed by atoms with E-state index < -0.39 is 0 Å². The van der Waals surface area contributed by atoms with Crippen LogP contribution >= 0.6 is 0 Å². The Bertz CT molecular complexity index is 885. The Morgan fingerprint density at radius 2 is 1.96 bits per heavy atom. The van der Waals surface area contributed by atoms with Crippen molar-refractivity contribution >= 4 is 11.9 Å². The summed E-state index contributed by atoms with van der Waals surface area (Å²) in [5.74, 6) is -0.228. The summed E-state index contributed by atoms with van der Waals surface area (Å²) in [6.07, 6.45) is 5.07. The van der Waals surface area contributed by atoms with Gasteiger partial charge in [0, 0.05) is 5.56 Å². The molecule has 0 saturated carbocycles. The summed E-state index contributed by atoms with van der Waals surface area (Å²) in [6.45, 7) is 2.63. The predicted molar refractivity (Wildman–Crippen MR) is 93.5 cm³/mol. The number of carbonyl (C=O) groups excluding carboxylic acids is 1.